The number of carbonyl (C=O) groups is 1. The number of carbonyl (C=O) groups excluding carboxylic acids is 1. The molecule has 6 heteroatoms. The molecule has 0 aromatic heterocycles. The van der Waals surface area contributed by atoms with Crippen molar-refractivity contribution in [1.82, 2.24) is 0 Å². The molecule has 1 amide bonds. The van der Waals surface area contributed by atoms with E-state index in [1.807, 2.05) is 31.2 Å². The monoisotopic (exact) mass is 278 g/mol. The Morgan fingerprint density at radius 3 is 2.47 bits per heavy atom. The number of amidine groups is 1. The second-order valence-electron chi connectivity index (χ2n) is 4.72. The van der Waals surface area contributed by atoms with Crippen molar-refractivity contribution in [2.75, 3.05) is 13.2 Å². The van der Waals surface area contributed by atoms with Gasteiger partial charge in [-0.3, -0.25) is 4.79 Å². The third-order valence-corrected chi connectivity index (χ3v) is 4.29. The number of rotatable bonds is 1. The van der Waals surface area contributed by atoms with Gasteiger partial charge in [0, 0.05) is 5.56 Å². The van der Waals surface area contributed by atoms with Crippen LogP contribution in [0, 0.1) is 6.92 Å². The molecule has 2 heterocycles. The molecule has 0 unspecified atom stereocenters. The number of hydrogen-bond acceptors (Lipinski definition) is 5. The van der Waals surface area contributed by atoms with Gasteiger partial charge in [-0.1, -0.05) is 41.6 Å². The summed E-state index contributed by atoms with van der Waals surface area (Å²) in [6.07, 6.45) is -0.429. The first-order valence-electron chi connectivity index (χ1n) is 5.96. The maximum atomic E-state index is 11.8. The SMILES string of the molecule is Cc1ccc(C2OCC3(CO2)SC(N)=NC3=O)cc1. The lowest BCUT2D eigenvalue weighted by molar-refractivity contribution is -0.196. The van der Waals surface area contributed by atoms with Gasteiger partial charge in [-0.15, -0.1) is 0 Å². The molecule has 1 aromatic rings. The van der Waals surface area contributed by atoms with Gasteiger partial charge in [-0.25, -0.2) is 0 Å². The topological polar surface area (TPSA) is 73.9 Å². The molecule has 2 N–H and O–H groups in total. The van der Waals surface area contributed by atoms with E-state index in [1.54, 1.807) is 0 Å². The Balaban J connectivity index is 1.70. The fourth-order valence-electron chi connectivity index (χ4n) is 2.08. The molecule has 1 spiro atoms. The smallest absolute Gasteiger partial charge is 0.269 e. The molecule has 2 aliphatic heterocycles. The molecule has 100 valence electrons. The Morgan fingerprint density at radius 2 is 1.95 bits per heavy atom. The van der Waals surface area contributed by atoms with E-state index in [0.717, 1.165) is 5.56 Å². The van der Waals surface area contributed by atoms with Gasteiger partial charge in [0.2, 0.25) is 0 Å². The van der Waals surface area contributed by atoms with Crippen LogP contribution in [0.1, 0.15) is 17.4 Å². The molecule has 19 heavy (non-hydrogen) atoms. The zero-order valence-electron chi connectivity index (χ0n) is 10.5. The van der Waals surface area contributed by atoms with Crippen molar-refractivity contribution in [3.63, 3.8) is 0 Å². The molecule has 0 radical (unpaired) electrons. The van der Waals surface area contributed by atoms with Crippen molar-refractivity contribution in [2.24, 2.45) is 10.7 Å². The average Bonchev–Trinajstić information content (AvgIpc) is 2.66. The summed E-state index contributed by atoms with van der Waals surface area (Å²) in [7, 11) is 0. The lowest BCUT2D eigenvalue weighted by Crippen LogP contribution is -2.46. The van der Waals surface area contributed by atoms with E-state index in [2.05, 4.69) is 4.99 Å². The molecular formula is C13H14N2O3S. The van der Waals surface area contributed by atoms with Gasteiger partial charge in [0.15, 0.2) is 16.2 Å². The highest BCUT2D eigenvalue weighted by atomic mass is 32.2. The maximum Gasteiger partial charge on any atom is 0.269 e. The number of thioether (sulfide) groups is 1. The minimum atomic E-state index is -0.786. The summed E-state index contributed by atoms with van der Waals surface area (Å²) in [5.74, 6) is -0.266. The Labute approximate surface area is 115 Å². The maximum absolute atomic E-state index is 11.8. The average molecular weight is 278 g/mol. The molecule has 0 bridgehead atoms. The van der Waals surface area contributed by atoms with Gasteiger partial charge in [0.25, 0.3) is 5.91 Å². The molecule has 0 aliphatic carbocycles. The van der Waals surface area contributed by atoms with Crippen molar-refractivity contribution in [3.8, 4) is 0 Å². The highest BCUT2D eigenvalue weighted by Crippen LogP contribution is 2.39. The van der Waals surface area contributed by atoms with Crippen LogP contribution in [0.15, 0.2) is 29.3 Å². The first kappa shape index (κ1) is 12.7. The van der Waals surface area contributed by atoms with Gasteiger partial charge in [0.05, 0.1) is 13.2 Å². The van der Waals surface area contributed by atoms with E-state index in [0.29, 0.717) is 0 Å². The van der Waals surface area contributed by atoms with Crippen LogP contribution in [0.2, 0.25) is 0 Å². The highest BCUT2D eigenvalue weighted by Gasteiger charge is 2.49. The van der Waals surface area contributed by atoms with Crippen LogP contribution >= 0.6 is 11.8 Å². The van der Waals surface area contributed by atoms with Gasteiger partial charge in [0.1, 0.15) is 0 Å². The number of nitrogens with two attached hydrogens (primary N) is 1. The first-order chi connectivity index (χ1) is 9.09. The summed E-state index contributed by atoms with van der Waals surface area (Å²) in [5, 5.41) is 0.283. The van der Waals surface area contributed by atoms with E-state index in [-0.39, 0.29) is 24.3 Å². The standard InChI is InChI=1S/C13H14N2O3S/c1-8-2-4-9(5-3-8)10-17-6-13(7-18-10)11(16)15-12(14)19-13/h2-5,10H,6-7H2,1H3,(H2,14,15,16). The molecule has 2 aliphatic rings. The fraction of sp³-hybridized carbons (Fsp3) is 0.385. The number of aliphatic imine (C=N–C) groups is 1. The number of benzene rings is 1. The summed E-state index contributed by atoms with van der Waals surface area (Å²) >= 11 is 1.22. The summed E-state index contributed by atoms with van der Waals surface area (Å²) < 4.78 is 10.5. The van der Waals surface area contributed by atoms with E-state index >= 15 is 0 Å². The minimum absolute atomic E-state index is 0.263. The van der Waals surface area contributed by atoms with E-state index < -0.39 is 11.0 Å². The summed E-state index contributed by atoms with van der Waals surface area (Å²) in [6, 6.07) is 7.94. The highest BCUT2D eigenvalue weighted by molar-refractivity contribution is 8.16. The van der Waals surface area contributed by atoms with Crippen LogP contribution in [0.4, 0.5) is 0 Å². The van der Waals surface area contributed by atoms with Crippen LogP contribution in [0.25, 0.3) is 0 Å². The van der Waals surface area contributed by atoms with E-state index in [1.165, 1.54) is 17.3 Å². The predicted octanol–water partition coefficient (Wildman–Crippen LogP) is 1.37. The van der Waals surface area contributed by atoms with Crippen molar-refractivity contribution >= 4 is 22.8 Å². The normalized spacial score (nSPS) is 30.7. The lowest BCUT2D eigenvalue weighted by Gasteiger charge is -2.34. The third kappa shape index (κ3) is 2.27. The molecular weight excluding hydrogens is 264 g/mol. The molecule has 1 fully saturated rings. The van der Waals surface area contributed by atoms with E-state index in [9.17, 15) is 4.79 Å². The van der Waals surface area contributed by atoms with Crippen molar-refractivity contribution in [1.29, 1.82) is 0 Å². The quantitative estimate of drug-likeness (QED) is 0.839. The fourth-order valence-corrected chi connectivity index (χ4v) is 2.99. The zero-order valence-corrected chi connectivity index (χ0v) is 11.3. The first-order valence-corrected chi connectivity index (χ1v) is 6.78. The summed E-state index contributed by atoms with van der Waals surface area (Å²) in [4.78, 5) is 15.5. The molecule has 0 saturated carbocycles. The van der Waals surface area contributed by atoms with Crippen LogP contribution < -0.4 is 5.73 Å². The van der Waals surface area contributed by atoms with Gasteiger partial charge in [-0.2, -0.15) is 4.99 Å². The van der Waals surface area contributed by atoms with Crippen LogP contribution in [0.3, 0.4) is 0 Å². The van der Waals surface area contributed by atoms with E-state index in [4.69, 9.17) is 15.2 Å². The van der Waals surface area contributed by atoms with Gasteiger partial charge < -0.3 is 15.2 Å². The number of nitrogens with zero attached hydrogens (tertiary/aromatic N) is 1. The second kappa shape index (κ2) is 4.63. The Bertz CT molecular complexity index is 533. The number of aryl methyl sites for hydroxylation is 1. The third-order valence-electron chi connectivity index (χ3n) is 3.19. The zero-order chi connectivity index (χ0) is 13.5. The molecule has 1 aromatic carbocycles. The predicted molar refractivity (Wildman–Crippen MR) is 72.8 cm³/mol. The Kier molecular flexibility index (Phi) is 3.08. The summed E-state index contributed by atoms with van der Waals surface area (Å²) in [6.45, 7) is 2.55. The minimum Gasteiger partial charge on any atom is -0.378 e. The molecule has 5 nitrogen and oxygen atoms in total. The summed E-state index contributed by atoms with van der Waals surface area (Å²) in [5.41, 5.74) is 7.70. The second-order valence-corrected chi connectivity index (χ2v) is 6.12. The van der Waals surface area contributed by atoms with Crippen molar-refractivity contribution in [3.05, 3.63) is 35.4 Å². The van der Waals surface area contributed by atoms with Gasteiger partial charge in [-0.05, 0) is 6.92 Å². The Morgan fingerprint density at radius 1 is 1.32 bits per heavy atom. The number of ether oxygens (including phenoxy) is 2. The molecule has 1 saturated heterocycles. The molecule has 0 atom stereocenters. The lowest BCUT2D eigenvalue weighted by atomic mass is 10.1. The van der Waals surface area contributed by atoms with Crippen LogP contribution in [-0.4, -0.2) is 29.0 Å². The molecule has 3 rings (SSSR count). The number of hydrogen-bond donors (Lipinski definition) is 1. The number of amides is 1. The van der Waals surface area contributed by atoms with Crippen molar-refractivity contribution < 1.29 is 14.3 Å². The largest absolute Gasteiger partial charge is 0.378 e. The Hall–Kier alpha value is -1.37. The van der Waals surface area contributed by atoms with Crippen molar-refractivity contribution in [2.45, 2.75) is 18.0 Å². The van der Waals surface area contributed by atoms with Gasteiger partial charge >= 0.3 is 0 Å². The van der Waals surface area contributed by atoms with Crippen LogP contribution in [0.5, 0.6) is 0 Å². The van der Waals surface area contributed by atoms with Crippen LogP contribution in [-0.2, 0) is 14.3 Å².